The van der Waals surface area contributed by atoms with Crippen molar-refractivity contribution in [1.29, 1.82) is 0 Å². The van der Waals surface area contributed by atoms with E-state index in [0.29, 0.717) is 32.0 Å². The number of hydrogen-bond acceptors (Lipinski definition) is 4. The smallest absolute Gasteiger partial charge is 0.405 e. The van der Waals surface area contributed by atoms with Gasteiger partial charge in [0.25, 0.3) is 0 Å². The first-order chi connectivity index (χ1) is 14.8. The molecule has 7 nitrogen and oxygen atoms in total. The topological polar surface area (TPSA) is 93.5 Å². The van der Waals surface area contributed by atoms with Crippen molar-refractivity contribution in [3.8, 4) is 0 Å². The molecule has 0 aliphatic rings. The van der Waals surface area contributed by atoms with Crippen LogP contribution in [0.5, 0.6) is 0 Å². The van der Waals surface area contributed by atoms with Gasteiger partial charge >= 0.3 is 6.09 Å². The van der Waals surface area contributed by atoms with Crippen molar-refractivity contribution in [3.05, 3.63) is 16.6 Å². The second kappa shape index (κ2) is 13.0. The molecule has 0 aliphatic carbocycles. The van der Waals surface area contributed by atoms with Gasteiger partial charge < -0.3 is 15.2 Å². The minimum Gasteiger partial charge on any atom is -0.465 e. The van der Waals surface area contributed by atoms with Crippen molar-refractivity contribution in [2.45, 2.75) is 103 Å². The van der Waals surface area contributed by atoms with Gasteiger partial charge in [0, 0.05) is 27.5 Å². The molecule has 1 aromatic rings. The fourth-order valence-electron chi connectivity index (χ4n) is 3.72. The van der Waals surface area contributed by atoms with Gasteiger partial charge in [0.05, 0.1) is 20.3 Å². The van der Waals surface area contributed by atoms with Crippen LogP contribution < -0.4 is 5.32 Å². The van der Waals surface area contributed by atoms with Gasteiger partial charge in [0.1, 0.15) is 22.9 Å². The highest BCUT2D eigenvalue weighted by molar-refractivity contribution is 9.10. The number of unbranched alkanes of at least 4 members (excludes halogenated alkanes) is 1. The zero-order valence-electron chi connectivity index (χ0n) is 20.8. The molecule has 2 unspecified atom stereocenters. The number of carbonyl (C=O) groups is 2. The molecule has 1 heterocycles. The van der Waals surface area contributed by atoms with Crippen LogP contribution in [0.25, 0.3) is 0 Å². The molecule has 10 heteroatoms. The van der Waals surface area contributed by atoms with Crippen LogP contribution in [0.3, 0.4) is 0 Å². The van der Waals surface area contributed by atoms with Gasteiger partial charge in [-0.3, -0.25) is 9.36 Å². The Hall–Kier alpha value is -0.976. The number of halogens is 1. The number of imidazole rings is 1. The van der Waals surface area contributed by atoms with E-state index in [-0.39, 0.29) is 11.3 Å². The highest BCUT2D eigenvalue weighted by atomic mass is 79.9. The quantitative estimate of drug-likeness (QED) is 0.192. The predicted molar refractivity (Wildman–Crippen MR) is 139 cm³/mol. The van der Waals surface area contributed by atoms with E-state index < -0.39 is 28.3 Å². The van der Waals surface area contributed by atoms with Gasteiger partial charge in [0.2, 0.25) is 0 Å². The van der Waals surface area contributed by atoms with Crippen LogP contribution >= 0.6 is 15.9 Å². The van der Waals surface area contributed by atoms with Crippen molar-refractivity contribution in [3.63, 3.8) is 0 Å². The number of ketones is 1. The van der Waals surface area contributed by atoms with E-state index in [2.05, 4.69) is 65.5 Å². The minimum absolute atomic E-state index is 0.144. The van der Waals surface area contributed by atoms with E-state index >= 15 is 0 Å². The summed E-state index contributed by atoms with van der Waals surface area (Å²) in [5.41, 5.74) is 0.144. The molecule has 0 fully saturated rings. The minimum atomic E-state index is -1.78. The summed E-state index contributed by atoms with van der Waals surface area (Å²) in [4.78, 5) is 28.0. The number of amides is 1. The maximum absolute atomic E-state index is 11.7. The molecule has 1 aromatic heterocycles. The van der Waals surface area contributed by atoms with Gasteiger partial charge in [-0.05, 0) is 33.9 Å². The lowest BCUT2D eigenvalue weighted by Crippen LogP contribution is -2.41. The molecule has 184 valence electrons. The zero-order chi connectivity index (χ0) is 24.5. The lowest BCUT2D eigenvalue weighted by Gasteiger charge is -2.36. The lowest BCUT2D eigenvalue weighted by molar-refractivity contribution is -0.118. The van der Waals surface area contributed by atoms with E-state index in [1.807, 2.05) is 11.5 Å². The van der Waals surface area contributed by atoms with Crippen molar-refractivity contribution >= 4 is 44.0 Å². The fourth-order valence-corrected chi connectivity index (χ4v) is 7.17. The molecular weight excluding hydrogens is 506 g/mol. The first-order valence-corrected chi connectivity index (χ1v) is 19.6. The first kappa shape index (κ1) is 29.1. The maximum Gasteiger partial charge on any atom is 0.405 e. The summed E-state index contributed by atoms with van der Waals surface area (Å²) in [6.45, 7) is 16.6. The third kappa shape index (κ3) is 10.3. The highest BCUT2D eigenvalue weighted by Gasteiger charge is 2.38. The summed E-state index contributed by atoms with van der Waals surface area (Å²) in [7, 11) is -2.97. The Morgan fingerprint density at radius 3 is 2.41 bits per heavy atom. The van der Waals surface area contributed by atoms with Gasteiger partial charge in [0.15, 0.2) is 0 Å². The Morgan fingerprint density at radius 2 is 1.88 bits per heavy atom. The number of carbonyl (C=O) groups excluding carboxylic acids is 1. The molecule has 0 spiro atoms. The zero-order valence-corrected chi connectivity index (χ0v) is 24.4. The van der Waals surface area contributed by atoms with Crippen LogP contribution in [0, 0.1) is 0 Å². The number of carboxylic acid groups (broad SMARTS) is 1. The van der Waals surface area contributed by atoms with Gasteiger partial charge in [-0.25, -0.2) is 9.78 Å². The maximum atomic E-state index is 11.7. The van der Waals surface area contributed by atoms with Crippen LogP contribution in [0.2, 0.25) is 50.9 Å². The molecule has 0 saturated carbocycles. The monoisotopic (exact) mass is 547 g/mol. The number of ether oxygens (including phenoxy) is 1. The fraction of sp³-hybridized carbons (Fsp3) is 0.773. The third-order valence-electron chi connectivity index (χ3n) is 5.74. The van der Waals surface area contributed by atoms with Crippen LogP contribution in [0.15, 0.2) is 10.8 Å². The standard InChI is InChI=1S/C22H42BrN3O4Si2/c1-8-17(27)11-9-10-12-18(32(5,6)7)20(25-22(28)29)21-24-15-19(23)26(21)16-30-13-14-31(2,3)4/h15,18,20,25H,8-14,16H2,1-7H3,(H,28,29). The largest absolute Gasteiger partial charge is 0.465 e. The number of nitrogens with zero attached hydrogens (tertiary/aromatic N) is 2. The lowest BCUT2D eigenvalue weighted by atomic mass is 10.0. The Balaban J connectivity index is 3.07. The summed E-state index contributed by atoms with van der Waals surface area (Å²) in [5.74, 6) is 0.967. The van der Waals surface area contributed by atoms with Crippen molar-refractivity contribution in [2.24, 2.45) is 0 Å². The molecule has 0 bridgehead atoms. The molecule has 0 aromatic carbocycles. The highest BCUT2D eigenvalue weighted by Crippen LogP contribution is 2.40. The normalized spacial score (nSPS) is 14.2. The van der Waals surface area contributed by atoms with Gasteiger partial charge in [-0.1, -0.05) is 59.0 Å². The van der Waals surface area contributed by atoms with Crippen LogP contribution in [-0.4, -0.2) is 49.3 Å². The number of Topliss-reactive ketones (excluding diaryl/α,β-unsaturated/α-hetero) is 1. The van der Waals surface area contributed by atoms with E-state index in [4.69, 9.17) is 4.74 Å². The Kier molecular flexibility index (Phi) is 11.8. The molecule has 2 N–H and O–H groups in total. The Morgan fingerprint density at radius 1 is 1.22 bits per heavy atom. The first-order valence-electron chi connectivity index (χ1n) is 11.6. The third-order valence-corrected chi connectivity index (χ3v) is 10.9. The number of nitrogens with one attached hydrogen (secondary N) is 1. The molecule has 1 rings (SSSR count). The average molecular weight is 549 g/mol. The van der Waals surface area contributed by atoms with Crippen molar-refractivity contribution in [2.75, 3.05) is 6.61 Å². The van der Waals surface area contributed by atoms with Crippen LogP contribution in [0.1, 0.15) is 50.9 Å². The van der Waals surface area contributed by atoms with Crippen LogP contribution in [-0.2, 0) is 16.3 Å². The second-order valence-electron chi connectivity index (χ2n) is 10.8. The summed E-state index contributed by atoms with van der Waals surface area (Å²) < 4.78 is 8.67. The average Bonchev–Trinajstić information content (AvgIpc) is 3.02. The number of hydrogen-bond donors (Lipinski definition) is 2. The molecular formula is C22H42BrN3O4Si2. The van der Waals surface area contributed by atoms with E-state index in [9.17, 15) is 14.7 Å². The van der Waals surface area contributed by atoms with E-state index in [1.54, 1.807) is 6.20 Å². The summed E-state index contributed by atoms with van der Waals surface area (Å²) >= 11 is 3.56. The molecule has 1 amide bonds. The number of rotatable bonds is 15. The Labute approximate surface area is 203 Å². The van der Waals surface area contributed by atoms with E-state index in [0.717, 1.165) is 29.9 Å². The Bertz CT molecular complexity index is 745. The SMILES string of the molecule is CCC(=O)CCCCC(C(NC(=O)O)c1ncc(Br)n1COCC[Si](C)(C)C)[Si](C)(C)C. The molecule has 0 saturated heterocycles. The van der Waals surface area contributed by atoms with Gasteiger partial charge in [-0.15, -0.1) is 0 Å². The van der Waals surface area contributed by atoms with Gasteiger partial charge in [-0.2, -0.15) is 0 Å². The summed E-state index contributed by atoms with van der Waals surface area (Å²) in [5, 5.41) is 12.4. The molecule has 32 heavy (non-hydrogen) atoms. The summed E-state index contributed by atoms with van der Waals surface area (Å²) in [6.07, 6.45) is 4.43. The second-order valence-corrected chi connectivity index (χ2v) is 22.7. The molecule has 0 aliphatic heterocycles. The van der Waals surface area contributed by atoms with Crippen molar-refractivity contribution in [1.82, 2.24) is 14.9 Å². The molecule has 0 radical (unpaired) electrons. The molecule has 2 atom stereocenters. The van der Waals surface area contributed by atoms with E-state index in [1.165, 1.54) is 0 Å². The predicted octanol–water partition coefficient (Wildman–Crippen LogP) is 6.51. The summed E-state index contributed by atoms with van der Waals surface area (Å²) in [6, 6.07) is 0.646. The van der Waals surface area contributed by atoms with Crippen LogP contribution in [0.4, 0.5) is 4.79 Å². The van der Waals surface area contributed by atoms with Crippen molar-refractivity contribution < 1.29 is 19.4 Å². The number of aromatic nitrogens is 2.